The van der Waals surface area contributed by atoms with E-state index in [2.05, 4.69) is 4.98 Å². The second kappa shape index (κ2) is 8.23. The van der Waals surface area contributed by atoms with Crippen LogP contribution in [-0.2, 0) is 14.1 Å². The molecule has 0 aliphatic carbocycles. The molecule has 0 saturated carbocycles. The van der Waals surface area contributed by atoms with Gasteiger partial charge in [0.1, 0.15) is 11.3 Å². The lowest BCUT2D eigenvalue weighted by Crippen LogP contribution is -2.54. The van der Waals surface area contributed by atoms with Gasteiger partial charge in [-0.3, -0.25) is 18.7 Å². The molecule has 1 atom stereocenters. The van der Waals surface area contributed by atoms with Crippen molar-refractivity contribution >= 4 is 41.8 Å². The molecule has 1 aliphatic rings. The Morgan fingerprint density at radius 3 is 2.39 bits per heavy atom. The summed E-state index contributed by atoms with van der Waals surface area (Å²) < 4.78 is 2.35. The van der Waals surface area contributed by atoms with Crippen molar-refractivity contribution in [3.63, 3.8) is 0 Å². The molecule has 10 heteroatoms. The van der Waals surface area contributed by atoms with Crippen molar-refractivity contribution < 1.29 is 4.79 Å². The number of hydrogen-bond donors (Lipinski definition) is 1. The summed E-state index contributed by atoms with van der Waals surface area (Å²) in [6.07, 6.45) is 0.727. The molecule has 0 spiro atoms. The Hall–Kier alpha value is -1.90. The second-order valence-corrected chi connectivity index (χ2v) is 7.84. The Kier molecular flexibility index (Phi) is 7.09. The molecule has 8 nitrogen and oxygen atoms in total. The van der Waals surface area contributed by atoms with Gasteiger partial charge in [0.25, 0.3) is 11.5 Å². The lowest BCUT2D eigenvalue weighted by atomic mass is 9.79. The zero-order chi connectivity index (χ0) is 19.4. The minimum absolute atomic E-state index is 0. The average molecular weight is 432 g/mol. The largest absolute Gasteiger partial charge is 0.337 e. The van der Waals surface area contributed by atoms with E-state index in [0.29, 0.717) is 24.0 Å². The van der Waals surface area contributed by atoms with Crippen LogP contribution in [0, 0.1) is 12.3 Å². The van der Waals surface area contributed by atoms with Crippen LogP contribution in [-0.4, -0.2) is 44.1 Å². The van der Waals surface area contributed by atoms with E-state index in [1.54, 1.807) is 24.9 Å². The summed E-state index contributed by atoms with van der Waals surface area (Å²) in [5, 5.41) is 0.354. The van der Waals surface area contributed by atoms with Crippen LogP contribution >= 0.6 is 24.8 Å². The van der Waals surface area contributed by atoms with E-state index in [4.69, 9.17) is 5.73 Å². The van der Waals surface area contributed by atoms with Crippen LogP contribution in [0.25, 0.3) is 11.0 Å². The van der Waals surface area contributed by atoms with Crippen LogP contribution in [0.2, 0.25) is 0 Å². The molecular weight excluding hydrogens is 405 g/mol. The average Bonchev–Trinajstić information content (AvgIpc) is 2.59. The molecule has 28 heavy (non-hydrogen) atoms. The minimum Gasteiger partial charge on any atom is -0.337 e. The lowest BCUT2D eigenvalue weighted by molar-refractivity contribution is 0.0527. The molecular formula is C18H27Cl2N5O3. The van der Waals surface area contributed by atoms with Gasteiger partial charge in [0.05, 0.1) is 5.39 Å². The molecule has 1 amide bonds. The van der Waals surface area contributed by atoms with Gasteiger partial charge in [0.2, 0.25) is 0 Å². The van der Waals surface area contributed by atoms with Crippen LogP contribution in [0.4, 0.5) is 0 Å². The van der Waals surface area contributed by atoms with Crippen molar-refractivity contribution in [3.8, 4) is 0 Å². The van der Waals surface area contributed by atoms with Gasteiger partial charge in [-0.1, -0.05) is 13.8 Å². The standard InChI is InChI=1S/C18H25N5O3.2ClH/c1-10-8-11(15(24)23-7-6-12(19)18(2,3)9-23)20-14-13(10)16(25)22(5)17(26)21(14)4;;/h8,12H,6-7,9,19H2,1-5H3;2*1H. The summed E-state index contributed by atoms with van der Waals surface area (Å²) in [5.74, 6) is -0.205. The van der Waals surface area contributed by atoms with Crippen molar-refractivity contribution in [2.24, 2.45) is 25.2 Å². The van der Waals surface area contributed by atoms with Crippen LogP contribution in [0.5, 0.6) is 0 Å². The number of carbonyl (C=O) groups is 1. The maximum absolute atomic E-state index is 13.0. The third kappa shape index (κ3) is 3.81. The van der Waals surface area contributed by atoms with E-state index in [-0.39, 0.29) is 53.5 Å². The molecule has 2 aromatic rings. The van der Waals surface area contributed by atoms with Crippen molar-refractivity contribution in [1.29, 1.82) is 0 Å². The normalized spacial score (nSPS) is 18.4. The SMILES string of the molecule is Cc1cc(C(=O)N2CCC(N)C(C)(C)C2)nc2c1c(=O)n(C)c(=O)n2C.Cl.Cl. The molecule has 0 bridgehead atoms. The van der Waals surface area contributed by atoms with Crippen LogP contribution < -0.4 is 17.0 Å². The zero-order valence-corrected chi connectivity index (χ0v) is 18.3. The first kappa shape index (κ1) is 24.1. The first-order chi connectivity index (χ1) is 12.0. The zero-order valence-electron chi connectivity index (χ0n) is 16.7. The first-order valence-corrected chi connectivity index (χ1v) is 8.67. The fourth-order valence-electron chi connectivity index (χ4n) is 3.55. The minimum atomic E-state index is -0.468. The van der Waals surface area contributed by atoms with Gasteiger partial charge in [-0.2, -0.15) is 0 Å². The van der Waals surface area contributed by atoms with Gasteiger partial charge in [-0.25, -0.2) is 9.78 Å². The fourth-order valence-corrected chi connectivity index (χ4v) is 3.55. The van der Waals surface area contributed by atoms with E-state index < -0.39 is 11.2 Å². The van der Waals surface area contributed by atoms with Gasteiger partial charge in [-0.05, 0) is 30.4 Å². The van der Waals surface area contributed by atoms with E-state index in [9.17, 15) is 14.4 Å². The fraction of sp³-hybridized carbons (Fsp3) is 0.556. The molecule has 2 aromatic heterocycles. The second-order valence-electron chi connectivity index (χ2n) is 7.84. The molecule has 2 N–H and O–H groups in total. The Bertz CT molecular complexity index is 1030. The molecule has 3 heterocycles. The molecule has 156 valence electrons. The van der Waals surface area contributed by atoms with Crippen LogP contribution in [0.15, 0.2) is 15.7 Å². The van der Waals surface area contributed by atoms with Crippen molar-refractivity contribution in [1.82, 2.24) is 19.0 Å². The smallest absolute Gasteiger partial charge is 0.332 e. The highest BCUT2D eigenvalue weighted by atomic mass is 35.5. The van der Waals surface area contributed by atoms with Gasteiger partial charge < -0.3 is 10.6 Å². The number of halogens is 2. The van der Waals surface area contributed by atoms with E-state index in [1.807, 2.05) is 13.8 Å². The molecule has 0 aromatic carbocycles. The molecule has 3 rings (SSSR count). The van der Waals surface area contributed by atoms with Crippen LogP contribution in [0.1, 0.15) is 36.3 Å². The van der Waals surface area contributed by atoms with E-state index >= 15 is 0 Å². The van der Waals surface area contributed by atoms with Gasteiger partial charge >= 0.3 is 5.69 Å². The van der Waals surface area contributed by atoms with E-state index in [1.165, 1.54) is 11.6 Å². The highest BCUT2D eigenvalue weighted by Crippen LogP contribution is 2.28. The predicted molar refractivity (Wildman–Crippen MR) is 114 cm³/mol. The van der Waals surface area contributed by atoms with Crippen molar-refractivity contribution in [2.45, 2.75) is 33.2 Å². The molecule has 1 unspecified atom stereocenters. The predicted octanol–water partition coefficient (Wildman–Crippen LogP) is 0.984. The Morgan fingerprint density at radius 1 is 1.21 bits per heavy atom. The van der Waals surface area contributed by atoms with E-state index in [0.717, 1.165) is 11.0 Å². The number of carbonyl (C=O) groups excluding carboxylic acids is 1. The number of aryl methyl sites for hydroxylation is 2. The van der Waals surface area contributed by atoms with Crippen LogP contribution in [0.3, 0.4) is 0 Å². The number of aromatic nitrogens is 3. The lowest BCUT2D eigenvalue weighted by Gasteiger charge is -2.42. The molecule has 0 radical (unpaired) electrons. The number of rotatable bonds is 1. The van der Waals surface area contributed by atoms with Gasteiger partial charge in [0.15, 0.2) is 0 Å². The monoisotopic (exact) mass is 431 g/mol. The Balaban J connectivity index is 0.00000196. The highest BCUT2D eigenvalue weighted by Gasteiger charge is 2.36. The summed E-state index contributed by atoms with van der Waals surface area (Å²) in [7, 11) is 2.98. The topological polar surface area (TPSA) is 103 Å². The third-order valence-electron chi connectivity index (χ3n) is 5.43. The number of hydrogen-bond acceptors (Lipinski definition) is 5. The summed E-state index contributed by atoms with van der Waals surface area (Å²) in [4.78, 5) is 43.7. The maximum atomic E-state index is 13.0. The number of nitrogens with zero attached hydrogens (tertiary/aromatic N) is 4. The maximum Gasteiger partial charge on any atom is 0.332 e. The quantitative estimate of drug-likeness (QED) is 0.724. The Morgan fingerprint density at radius 2 is 1.82 bits per heavy atom. The molecule has 1 fully saturated rings. The summed E-state index contributed by atoms with van der Waals surface area (Å²) in [5.41, 5.74) is 6.20. The summed E-state index contributed by atoms with van der Waals surface area (Å²) >= 11 is 0. The highest BCUT2D eigenvalue weighted by molar-refractivity contribution is 5.95. The number of fused-ring (bicyclic) bond motifs is 1. The number of pyridine rings is 1. The van der Waals surface area contributed by atoms with Crippen molar-refractivity contribution in [3.05, 3.63) is 38.2 Å². The third-order valence-corrected chi connectivity index (χ3v) is 5.43. The number of nitrogens with two attached hydrogens (primary N) is 1. The summed E-state index contributed by atoms with van der Waals surface area (Å²) in [6.45, 7) is 6.95. The first-order valence-electron chi connectivity index (χ1n) is 8.67. The number of piperidine rings is 1. The molecule has 1 aliphatic heterocycles. The number of amides is 1. The summed E-state index contributed by atoms with van der Waals surface area (Å²) in [6, 6.07) is 1.67. The van der Waals surface area contributed by atoms with Gasteiger partial charge in [-0.15, -0.1) is 24.8 Å². The van der Waals surface area contributed by atoms with Gasteiger partial charge in [0, 0.05) is 33.2 Å². The Labute approximate surface area is 175 Å². The molecule has 1 saturated heterocycles. The number of likely N-dealkylation sites (tertiary alicyclic amines) is 1. The van der Waals surface area contributed by atoms with Crippen molar-refractivity contribution in [2.75, 3.05) is 13.1 Å².